The molecule has 1 atom stereocenters. The maximum Gasteiger partial charge on any atom is 0.164 e. The van der Waals surface area contributed by atoms with Crippen molar-refractivity contribution in [3.63, 3.8) is 0 Å². The van der Waals surface area contributed by atoms with Crippen LogP contribution in [0.2, 0.25) is 0 Å². The number of nitrogens with one attached hydrogen (secondary N) is 1. The Labute approximate surface area is 36.7 Å². The van der Waals surface area contributed by atoms with E-state index in [0.717, 1.165) is 0 Å². The summed E-state index contributed by atoms with van der Waals surface area (Å²) in [5, 5.41) is 2.64. The van der Waals surface area contributed by atoms with E-state index >= 15 is 0 Å². The number of hydrogen-bond donors (Lipinski definition) is 1. The molecular formula is C3H4NOP. The van der Waals surface area contributed by atoms with Crippen LogP contribution in [0.3, 0.4) is 0 Å². The van der Waals surface area contributed by atoms with E-state index in [1.807, 2.05) is 0 Å². The van der Waals surface area contributed by atoms with Gasteiger partial charge in [0.15, 0.2) is 7.80 Å². The molecule has 0 spiro atoms. The molecule has 0 aromatic heterocycles. The van der Waals surface area contributed by atoms with Gasteiger partial charge in [-0.3, -0.25) is 0 Å². The highest BCUT2D eigenvalue weighted by atomic mass is 31.1. The van der Waals surface area contributed by atoms with Crippen LogP contribution in [0.15, 0.2) is 0 Å². The van der Waals surface area contributed by atoms with E-state index in [-0.39, 0.29) is 0 Å². The third-order valence-electron chi connectivity index (χ3n) is 0.539. The highest BCUT2D eigenvalue weighted by Gasteiger charge is 1.93. The summed E-state index contributed by atoms with van der Waals surface area (Å²) in [5.74, 6) is 0. The summed E-state index contributed by atoms with van der Waals surface area (Å²) in [7, 11) is -1.48. The minimum Gasteiger partial charge on any atom is -0.337 e. The van der Waals surface area contributed by atoms with Crippen molar-refractivity contribution in [2.45, 2.75) is 0 Å². The van der Waals surface area contributed by atoms with E-state index in [9.17, 15) is 4.57 Å². The van der Waals surface area contributed by atoms with Gasteiger partial charge in [0.1, 0.15) is 0 Å². The van der Waals surface area contributed by atoms with Crippen molar-refractivity contribution in [1.82, 2.24) is 5.32 Å². The lowest BCUT2D eigenvalue weighted by Gasteiger charge is -1.77. The van der Waals surface area contributed by atoms with Crippen molar-refractivity contribution in [2.75, 3.05) is 6.29 Å². The van der Waals surface area contributed by atoms with Crippen molar-refractivity contribution in [1.29, 1.82) is 0 Å². The lowest BCUT2D eigenvalue weighted by atomic mass is 11.1. The molecule has 32 valence electrons. The van der Waals surface area contributed by atoms with Gasteiger partial charge in [-0.15, -0.1) is 0 Å². The van der Waals surface area contributed by atoms with Gasteiger partial charge in [0.25, 0.3) is 0 Å². The van der Waals surface area contributed by atoms with Gasteiger partial charge in [0.2, 0.25) is 0 Å². The predicted molar refractivity (Wildman–Crippen MR) is 24.8 cm³/mol. The maximum absolute atomic E-state index is 10.2. The quantitative estimate of drug-likeness (QED) is 0.344. The largest absolute Gasteiger partial charge is 0.337 e. The molecule has 1 unspecified atom stereocenters. The van der Waals surface area contributed by atoms with E-state index in [1.165, 1.54) is 0 Å². The summed E-state index contributed by atoms with van der Waals surface area (Å²) in [5.41, 5.74) is 2.50. The second-order valence-electron chi connectivity index (χ2n) is 1.03. The molecular weight excluding hydrogens is 97.0 g/mol. The highest BCUT2D eigenvalue weighted by Crippen LogP contribution is 2.16. The van der Waals surface area contributed by atoms with Gasteiger partial charge < -0.3 is 9.88 Å². The molecule has 0 radical (unpaired) electrons. The van der Waals surface area contributed by atoms with Gasteiger partial charge in [-0.05, 0) is 5.66 Å². The zero-order chi connectivity index (χ0) is 4.41. The molecule has 1 rings (SSSR count). The Balaban J connectivity index is 2.68. The molecule has 6 heavy (non-hydrogen) atoms. The number of hydrogen-bond acceptors (Lipinski definition) is 2. The monoisotopic (exact) mass is 101 g/mol. The Morgan fingerprint density at radius 3 is 2.83 bits per heavy atom. The Morgan fingerprint density at radius 2 is 2.67 bits per heavy atom. The van der Waals surface area contributed by atoms with Crippen molar-refractivity contribution < 1.29 is 4.57 Å². The van der Waals surface area contributed by atoms with Crippen LogP contribution in [0.25, 0.3) is 0 Å². The molecule has 1 aliphatic rings. The fraction of sp³-hybridized carbons (Fsp3) is 0.333. The van der Waals surface area contributed by atoms with Gasteiger partial charge in [0, 0.05) is 6.04 Å². The molecule has 0 saturated heterocycles. The molecule has 3 heteroatoms. The maximum atomic E-state index is 10.2. The minimum absolute atomic E-state index is 0.560. The predicted octanol–water partition coefficient (Wildman–Crippen LogP) is 0.0252. The van der Waals surface area contributed by atoms with Crippen LogP contribution < -0.4 is 5.32 Å². The lowest BCUT2D eigenvalue weighted by Crippen LogP contribution is -1.96. The average Bonchev–Trinajstić information content (AvgIpc) is 1.86. The van der Waals surface area contributed by atoms with Crippen LogP contribution in [-0.4, -0.2) is 6.29 Å². The first kappa shape index (κ1) is 3.77. The smallest absolute Gasteiger partial charge is 0.164 e. The van der Waals surface area contributed by atoms with Crippen LogP contribution in [0, 0.1) is 11.7 Å². The van der Waals surface area contributed by atoms with E-state index < -0.39 is 7.80 Å². The summed E-state index contributed by atoms with van der Waals surface area (Å²) < 4.78 is 10.2. The molecule has 0 bridgehead atoms. The third-order valence-corrected chi connectivity index (χ3v) is 1.44. The molecule has 0 fully saturated rings. The Hall–Kier alpha value is -0.410. The molecule has 0 aliphatic carbocycles. The van der Waals surface area contributed by atoms with Gasteiger partial charge >= 0.3 is 0 Å². The molecule has 0 amide bonds. The van der Waals surface area contributed by atoms with Gasteiger partial charge in [-0.25, -0.2) is 0 Å². The Bertz CT molecular complexity index is 131. The van der Waals surface area contributed by atoms with Crippen LogP contribution in [-0.2, 0) is 4.57 Å². The minimum atomic E-state index is -1.48. The Morgan fingerprint density at radius 1 is 1.83 bits per heavy atom. The normalized spacial score (nSPS) is 27.7. The highest BCUT2D eigenvalue weighted by molar-refractivity contribution is 7.50. The SMILES string of the molecule is O=[PH]1C#CNC1. The zero-order valence-electron chi connectivity index (χ0n) is 3.12. The van der Waals surface area contributed by atoms with E-state index in [4.69, 9.17) is 0 Å². The van der Waals surface area contributed by atoms with Crippen LogP contribution in [0.1, 0.15) is 0 Å². The fourth-order valence-electron chi connectivity index (χ4n) is 0.283. The number of rotatable bonds is 0. The standard InChI is InChI=1S/C3H4NOP/c5-6-2-1-4-3-6/h4,6H,3H2. The summed E-state index contributed by atoms with van der Waals surface area (Å²) in [6, 6.07) is 2.50. The Kier molecular flexibility index (Phi) is 0.856. The van der Waals surface area contributed by atoms with E-state index in [2.05, 4.69) is 17.0 Å². The molecule has 2 nitrogen and oxygen atoms in total. The van der Waals surface area contributed by atoms with Crippen molar-refractivity contribution in [2.24, 2.45) is 0 Å². The first-order valence-electron chi connectivity index (χ1n) is 1.66. The van der Waals surface area contributed by atoms with Crippen molar-refractivity contribution >= 4 is 7.80 Å². The van der Waals surface area contributed by atoms with Gasteiger partial charge in [0.05, 0.1) is 6.29 Å². The molecule has 0 aromatic rings. The molecule has 1 heterocycles. The second kappa shape index (κ2) is 1.36. The average molecular weight is 101 g/mol. The fourth-order valence-corrected chi connectivity index (χ4v) is 0.848. The molecule has 1 aliphatic heterocycles. The second-order valence-corrected chi connectivity index (χ2v) is 2.48. The topological polar surface area (TPSA) is 29.1 Å². The van der Waals surface area contributed by atoms with E-state index in [1.54, 1.807) is 0 Å². The third kappa shape index (κ3) is 0.555. The molecule has 0 aromatic carbocycles. The van der Waals surface area contributed by atoms with Crippen molar-refractivity contribution in [3.05, 3.63) is 0 Å². The molecule has 0 saturated carbocycles. The summed E-state index contributed by atoms with van der Waals surface area (Å²) in [4.78, 5) is 0. The van der Waals surface area contributed by atoms with Crippen LogP contribution in [0.4, 0.5) is 0 Å². The van der Waals surface area contributed by atoms with Gasteiger partial charge in [-0.1, -0.05) is 0 Å². The van der Waals surface area contributed by atoms with Crippen LogP contribution in [0.5, 0.6) is 0 Å². The lowest BCUT2D eigenvalue weighted by molar-refractivity contribution is 0.593. The summed E-state index contributed by atoms with van der Waals surface area (Å²) >= 11 is 0. The van der Waals surface area contributed by atoms with Crippen molar-refractivity contribution in [3.8, 4) is 11.7 Å². The van der Waals surface area contributed by atoms with E-state index in [0.29, 0.717) is 6.29 Å². The molecule has 1 N–H and O–H groups in total. The summed E-state index contributed by atoms with van der Waals surface area (Å²) in [6.45, 7) is 0. The first-order chi connectivity index (χ1) is 2.89. The van der Waals surface area contributed by atoms with Gasteiger partial charge in [-0.2, -0.15) is 0 Å². The van der Waals surface area contributed by atoms with Crippen LogP contribution >= 0.6 is 7.80 Å². The first-order valence-corrected chi connectivity index (χ1v) is 3.28. The zero-order valence-corrected chi connectivity index (χ0v) is 4.12. The summed E-state index contributed by atoms with van der Waals surface area (Å²) in [6.07, 6.45) is 0.560.